The van der Waals surface area contributed by atoms with Crippen LogP contribution in [0.3, 0.4) is 0 Å². The molecule has 0 heterocycles. The second-order valence-corrected chi connectivity index (χ2v) is 19.2. The number of unbranched alkanes of at least 4 members (excludes halogenated alkanes) is 15. The molecule has 2 rings (SSSR count). The van der Waals surface area contributed by atoms with Crippen LogP contribution in [0.15, 0.2) is 60.7 Å². The highest BCUT2D eigenvalue weighted by atomic mass is 28.3. The Balaban J connectivity index is 1.57. The zero-order valence-electron chi connectivity index (χ0n) is 29.0. The summed E-state index contributed by atoms with van der Waals surface area (Å²) in [5.41, 5.74) is 1.96. The number of esters is 2. The number of rotatable bonds is 27. The standard InChI is InChI=1S/C40H64O4Si/c1-4-5-6-7-8-9-10-11-12-13-14-15-16-17-18-25-31-45(2,3)32-30-43-40(42)38(33-36-26-21-19-22-27-36)34-39(41)44-35-37-28-23-20-24-29-37/h19-24,26-29,38H,4-18,25,30-35H2,1-3H3/t38-/m1/s1. The van der Waals surface area contributed by atoms with Gasteiger partial charge < -0.3 is 9.47 Å². The molecule has 0 radical (unpaired) electrons. The molecule has 0 saturated carbocycles. The summed E-state index contributed by atoms with van der Waals surface area (Å²) in [5, 5.41) is 0. The van der Waals surface area contributed by atoms with Crippen molar-refractivity contribution in [3.05, 3.63) is 71.8 Å². The van der Waals surface area contributed by atoms with Gasteiger partial charge in [0, 0.05) is 0 Å². The highest BCUT2D eigenvalue weighted by Gasteiger charge is 2.26. The number of hydrogen-bond acceptors (Lipinski definition) is 4. The van der Waals surface area contributed by atoms with Crippen molar-refractivity contribution in [2.24, 2.45) is 5.92 Å². The van der Waals surface area contributed by atoms with Gasteiger partial charge in [0.2, 0.25) is 0 Å². The van der Waals surface area contributed by atoms with Crippen molar-refractivity contribution >= 4 is 20.0 Å². The number of carbonyl (C=O) groups is 2. The lowest BCUT2D eigenvalue weighted by atomic mass is 9.96. The van der Waals surface area contributed by atoms with Gasteiger partial charge in [-0.15, -0.1) is 0 Å². The fraction of sp³-hybridized carbons (Fsp3) is 0.650. The average molecular weight is 637 g/mol. The van der Waals surface area contributed by atoms with E-state index in [-0.39, 0.29) is 25.0 Å². The van der Waals surface area contributed by atoms with Crippen molar-refractivity contribution in [2.75, 3.05) is 6.61 Å². The normalized spacial score (nSPS) is 12.2. The molecule has 0 fully saturated rings. The minimum atomic E-state index is -1.44. The Kier molecular flexibility index (Phi) is 21.4. The molecule has 0 aromatic heterocycles. The second kappa shape index (κ2) is 24.8. The Labute approximate surface area is 277 Å². The van der Waals surface area contributed by atoms with Crippen molar-refractivity contribution in [3.8, 4) is 0 Å². The maximum Gasteiger partial charge on any atom is 0.309 e. The third-order valence-corrected chi connectivity index (χ3v) is 12.3. The number of ether oxygens (including phenoxy) is 2. The van der Waals surface area contributed by atoms with Crippen LogP contribution in [0.4, 0.5) is 0 Å². The molecule has 0 N–H and O–H groups in total. The van der Waals surface area contributed by atoms with Crippen molar-refractivity contribution < 1.29 is 19.1 Å². The summed E-state index contributed by atoms with van der Waals surface area (Å²) in [6, 6.07) is 21.7. The van der Waals surface area contributed by atoms with Crippen LogP contribution >= 0.6 is 0 Å². The van der Waals surface area contributed by atoms with Crippen LogP contribution in [-0.4, -0.2) is 26.6 Å². The van der Waals surface area contributed by atoms with Crippen LogP contribution in [0.25, 0.3) is 0 Å². The smallest absolute Gasteiger partial charge is 0.309 e. The molecule has 0 aliphatic carbocycles. The lowest BCUT2D eigenvalue weighted by Crippen LogP contribution is -2.29. The van der Waals surface area contributed by atoms with E-state index in [4.69, 9.17) is 9.47 Å². The van der Waals surface area contributed by atoms with Gasteiger partial charge in [0.25, 0.3) is 0 Å². The summed E-state index contributed by atoms with van der Waals surface area (Å²) in [4.78, 5) is 25.8. The quantitative estimate of drug-likeness (QED) is 0.0556. The Morgan fingerprint density at radius 3 is 1.58 bits per heavy atom. The van der Waals surface area contributed by atoms with Gasteiger partial charge in [0.15, 0.2) is 0 Å². The maximum atomic E-state index is 13.1. The fourth-order valence-corrected chi connectivity index (χ4v) is 8.07. The number of benzene rings is 2. The lowest BCUT2D eigenvalue weighted by molar-refractivity contribution is -0.155. The van der Waals surface area contributed by atoms with Gasteiger partial charge in [-0.2, -0.15) is 0 Å². The van der Waals surface area contributed by atoms with Crippen LogP contribution < -0.4 is 0 Å². The maximum absolute atomic E-state index is 13.1. The molecule has 0 unspecified atom stereocenters. The van der Waals surface area contributed by atoms with Crippen LogP contribution in [0.1, 0.15) is 127 Å². The van der Waals surface area contributed by atoms with Gasteiger partial charge in [0.05, 0.1) is 27.0 Å². The first kappa shape index (κ1) is 38.8. The average Bonchev–Trinajstić information content (AvgIpc) is 3.04. The summed E-state index contributed by atoms with van der Waals surface area (Å²) >= 11 is 0. The van der Waals surface area contributed by atoms with E-state index >= 15 is 0 Å². The van der Waals surface area contributed by atoms with Gasteiger partial charge in [-0.05, 0) is 23.6 Å². The largest absolute Gasteiger partial charge is 0.466 e. The van der Waals surface area contributed by atoms with E-state index < -0.39 is 14.0 Å². The number of carbonyl (C=O) groups excluding carboxylic acids is 2. The molecule has 0 spiro atoms. The molecule has 1 atom stereocenters. The molecule has 0 aliphatic heterocycles. The molecule has 0 bridgehead atoms. The van der Waals surface area contributed by atoms with Crippen molar-refractivity contribution in [2.45, 2.75) is 154 Å². The van der Waals surface area contributed by atoms with Gasteiger partial charge in [-0.1, -0.05) is 189 Å². The highest BCUT2D eigenvalue weighted by Crippen LogP contribution is 2.22. The van der Waals surface area contributed by atoms with Crippen molar-refractivity contribution in [3.63, 3.8) is 0 Å². The molecule has 5 heteroatoms. The molecule has 2 aromatic rings. The fourth-order valence-electron chi connectivity index (χ4n) is 5.96. The summed E-state index contributed by atoms with van der Waals surface area (Å²) < 4.78 is 11.3. The third-order valence-electron chi connectivity index (χ3n) is 9.04. The summed E-state index contributed by atoms with van der Waals surface area (Å²) in [7, 11) is -1.44. The zero-order valence-corrected chi connectivity index (χ0v) is 30.0. The minimum Gasteiger partial charge on any atom is -0.466 e. The Bertz CT molecular complexity index is 1010. The molecule has 0 saturated heterocycles. The topological polar surface area (TPSA) is 52.6 Å². The van der Waals surface area contributed by atoms with E-state index in [1.165, 1.54) is 109 Å². The summed E-state index contributed by atoms with van der Waals surface area (Å²) in [5.74, 6) is -1.20. The Hall–Kier alpha value is -2.40. The van der Waals surface area contributed by atoms with E-state index in [1.807, 2.05) is 60.7 Å². The Morgan fingerprint density at radius 2 is 1.07 bits per heavy atom. The van der Waals surface area contributed by atoms with Crippen LogP contribution in [0.2, 0.25) is 25.2 Å². The molecule has 2 aromatic carbocycles. The van der Waals surface area contributed by atoms with Crippen molar-refractivity contribution in [1.29, 1.82) is 0 Å². The Morgan fingerprint density at radius 1 is 0.600 bits per heavy atom. The van der Waals surface area contributed by atoms with Gasteiger partial charge in [-0.3, -0.25) is 9.59 Å². The molecule has 4 nitrogen and oxygen atoms in total. The number of hydrogen-bond donors (Lipinski definition) is 0. The minimum absolute atomic E-state index is 0.0283. The predicted molar refractivity (Wildman–Crippen MR) is 192 cm³/mol. The molecule has 0 amide bonds. The van der Waals surface area contributed by atoms with Gasteiger partial charge >= 0.3 is 11.9 Å². The molecule has 45 heavy (non-hydrogen) atoms. The second-order valence-electron chi connectivity index (χ2n) is 13.9. The first-order valence-electron chi connectivity index (χ1n) is 18.3. The summed E-state index contributed by atoms with van der Waals surface area (Å²) in [6.07, 6.45) is 22.8. The van der Waals surface area contributed by atoms with Gasteiger partial charge in [0.1, 0.15) is 6.61 Å². The SMILES string of the molecule is CCCCCCCCCCCCCCCCCC[Si](C)(C)CCOC(=O)[C@@H](CC(=O)OCc1ccccc1)Cc1ccccc1. The molecule has 252 valence electrons. The highest BCUT2D eigenvalue weighted by molar-refractivity contribution is 6.77. The van der Waals surface area contributed by atoms with E-state index in [0.717, 1.165) is 17.2 Å². The van der Waals surface area contributed by atoms with Crippen LogP contribution in [0.5, 0.6) is 0 Å². The first-order chi connectivity index (χ1) is 21.9. The van der Waals surface area contributed by atoms with Crippen molar-refractivity contribution in [1.82, 2.24) is 0 Å². The van der Waals surface area contributed by atoms with E-state index in [2.05, 4.69) is 20.0 Å². The third kappa shape index (κ3) is 20.4. The lowest BCUT2D eigenvalue weighted by Gasteiger charge is -2.23. The van der Waals surface area contributed by atoms with Crippen LogP contribution in [0, 0.1) is 5.92 Å². The van der Waals surface area contributed by atoms with E-state index in [9.17, 15) is 9.59 Å². The predicted octanol–water partition coefficient (Wildman–Crippen LogP) is 11.5. The van der Waals surface area contributed by atoms with Crippen LogP contribution in [-0.2, 0) is 32.1 Å². The zero-order chi connectivity index (χ0) is 32.4. The first-order valence-corrected chi connectivity index (χ1v) is 21.7. The van der Waals surface area contributed by atoms with E-state index in [1.54, 1.807) is 0 Å². The molecular weight excluding hydrogens is 573 g/mol. The van der Waals surface area contributed by atoms with E-state index in [0.29, 0.717) is 13.0 Å². The molecular formula is C40H64O4Si. The monoisotopic (exact) mass is 636 g/mol. The summed E-state index contributed by atoms with van der Waals surface area (Å²) in [6.45, 7) is 7.77. The molecule has 0 aliphatic rings. The van der Waals surface area contributed by atoms with Gasteiger partial charge in [-0.25, -0.2) is 0 Å².